The molecule has 0 saturated carbocycles. The van der Waals surface area contributed by atoms with Crippen molar-refractivity contribution in [2.75, 3.05) is 20.3 Å². The molecule has 0 radical (unpaired) electrons. The highest BCUT2D eigenvalue weighted by Crippen LogP contribution is 2.09. The molecule has 0 amide bonds. The van der Waals surface area contributed by atoms with Crippen LogP contribution < -0.4 is 21.9 Å². The lowest BCUT2D eigenvalue weighted by atomic mass is 9.13. The number of unbranched alkanes of at least 4 members (excludes halogenated alkanes) is 1. The van der Waals surface area contributed by atoms with Gasteiger partial charge in [-0.2, -0.15) is 21.9 Å². The molecule has 35 heavy (non-hydrogen) atoms. The van der Waals surface area contributed by atoms with Crippen LogP contribution in [0.4, 0.5) is 0 Å². The van der Waals surface area contributed by atoms with Crippen LogP contribution in [0.1, 0.15) is 19.8 Å². The molecule has 1 heterocycles. The van der Waals surface area contributed by atoms with E-state index in [1.165, 1.54) is 41.2 Å². The zero-order valence-electron chi connectivity index (χ0n) is 21.0. The number of hydrogen-bond donors (Lipinski definition) is 0. The largest absolute Gasteiger partial charge is 0.362 e. The van der Waals surface area contributed by atoms with Gasteiger partial charge >= 0.3 is 0 Å². The fourth-order valence-electron chi connectivity index (χ4n) is 5.22. The summed E-state index contributed by atoms with van der Waals surface area (Å²) in [6.07, 6.45) is 5.66. The van der Waals surface area contributed by atoms with E-state index in [2.05, 4.69) is 157 Å². The highest BCUT2D eigenvalue weighted by molar-refractivity contribution is 7.19. The summed E-state index contributed by atoms with van der Waals surface area (Å²) in [5.41, 5.74) is 5.36. The molecule has 1 aliphatic heterocycles. The van der Waals surface area contributed by atoms with Gasteiger partial charge in [-0.25, -0.2) is 0 Å². The van der Waals surface area contributed by atoms with Crippen LogP contribution in [0.25, 0.3) is 0 Å². The first kappa shape index (κ1) is 24.4. The fourth-order valence-corrected chi connectivity index (χ4v) is 5.22. The van der Waals surface area contributed by atoms with Crippen LogP contribution in [-0.2, 0) is 0 Å². The summed E-state index contributed by atoms with van der Waals surface area (Å²) in [4.78, 5) is 4.53. The minimum Gasteiger partial charge on any atom is -0.362 e. The Labute approximate surface area is 211 Å². The molecule has 4 aromatic carbocycles. The maximum atomic E-state index is 2.34. The molecule has 4 aromatic rings. The van der Waals surface area contributed by atoms with Gasteiger partial charge < -0.3 is 9.80 Å². The first-order valence-electron chi connectivity index (χ1n) is 12.8. The zero-order valence-corrected chi connectivity index (χ0v) is 21.0. The van der Waals surface area contributed by atoms with E-state index in [0.29, 0.717) is 0 Å². The molecule has 0 bridgehead atoms. The molecule has 5 rings (SSSR count). The first-order chi connectivity index (χ1) is 17.2. The number of rotatable bonds is 7. The fraction of sp³-hybridized carbons (Fsp3) is 0.188. The maximum absolute atomic E-state index is 2.34. The SMILES string of the molecule is CCCCN1C=CN(C)C1.c1ccc([B-](c2ccccc2)(c2ccccc2)c2ccccc2)cc1. The number of benzene rings is 4. The summed E-state index contributed by atoms with van der Waals surface area (Å²) in [6.45, 7) is 4.50. The topological polar surface area (TPSA) is 6.48 Å². The van der Waals surface area contributed by atoms with Crippen LogP contribution in [0.3, 0.4) is 0 Å². The smallest absolute Gasteiger partial charge is 0.108 e. The van der Waals surface area contributed by atoms with E-state index in [1.807, 2.05) is 0 Å². The van der Waals surface area contributed by atoms with Gasteiger partial charge in [0.15, 0.2) is 0 Å². The van der Waals surface area contributed by atoms with Gasteiger partial charge in [0, 0.05) is 26.0 Å². The zero-order chi connectivity index (χ0) is 24.3. The van der Waals surface area contributed by atoms with Crippen molar-refractivity contribution in [3.05, 3.63) is 134 Å². The van der Waals surface area contributed by atoms with Crippen molar-refractivity contribution in [3.8, 4) is 0 Å². The molecule has 2 nitrogen and oxygen atoms in total. The average molecular weight is 459 g/mol. The summed E-state index contributed by atoms with van der Waals surface area (Å²) >= 11 is 0. The number of hydrogen-bond acceptors (Lipinski definition) is 2. The van der Waals surface area contributed by atoms with Crippen molar-refractivity contribution in [1.82, 2.24) is 9.80 Å². The highest BCUT2D eigenvalue weighted by atomic mass is 15.3. The Bertz CT molecular complexity index is 998. The molecule has 0 saturated heterocycles. The molecule has 0 N–H and O–H groups in total. The van der Waals surface area contributed by atoms with E-state index in [0.717, 1.165) is 6.67 Å². The lowest BCUT2D eigenvalue weighted by molar-refractivity contribution is 0.293. The Morgan fingerprint density at radius 3 is 1.23 bits per heavy atom. The Morgan fingerprint density at radius 2 is 0.943 bits per heavy atom. The first-order valence-corrected chi connectivity index (χ1v) is 12.8. The lowest BCUT2D eigenvalue weighted by Gasteiger charge is -2.44. The minimum atomic E-state index is -1.22. The van der Waals surface area contributed by atoms with E-state index in [-0.39, 0.29) is 0 Å². The van der Waals surface area contributed by atoms with Crippen molar-refractivity contribution in [3.63, 3.8) is 0 Å². The highest BCUT2D eigenvalue weighted by Gasteiger charge is 2.31. The Morgan fingerprint density at radius 1 is 0.571 bits per heavy atom. The molecular formula is C32H36BN2-. The van der Waals surface area contributed by atoms with Crippen LogP contribution in [0.5, 0.6) is 0 Å². The van der Waals surface area contributed by atoms with Gasteiger partial charge in [0.05, 0.1) is 6.67 Å². The molecule has 1 aliphatic rings. The Hall–Kier alpha value is -3.72. The van der Waals surface area contributed by atoms with Gasteiger partial charge in [-0.05, 0) is 6.42 Å². The summed E-state index contributed by atoms with van der Waals surface area (Å²) in [6, 6.07) is 43.5. The van der Waals surface area contributed by atoms with E-state index in [9.17, 15) is 0 Å². The summed E-state index contributed by atoms with van der Waals surface area (Å²) in [5.74, 6) is 0. The van der Waals surface area contributed by atoms with Crippen molar-refractivity contribution in [2.45, 2.75) is 19.8 Å². The van der Waals surface area contributed by atoms with Gasteiger partial charge in [0.1, 0.15) is 6.15 Å². The third-order valence-corrected chi connectivity index (χ3v) is 6.93. The third kappa shape index (κ3) is 5.68. The molecule has 0 aliphatic carbocycles. The standard InChI is InChI=1S/C24H20B.C8H16N2/c1-5-13-21(14-6-1)25(22-15-7-2-8-16-22,23-17-9-3-10-18-23)24-19-11-4-12-20-24;1-3-4-5-10-7-6-9(2)8-10/h1-20H;6-7H,3-5,8H2,1-2H3/q-1;. The van der Waals surface area contributed by atoms with Gasteiger partial charge in [-0.3, -0.25) is 0 Å². The Kier molecular flexibility index (Phi) is 8.46. The normalized spacial score (nSPS) is 12.9. The van der Waals surface area contributed by atoms with E-state index >= 15 is 0 Å². The van der Waals surface area contributed by atoms with Gasteiger partial charge in [-0.15, -0.1) is 0 Å². The molecule has 3 heteroatoms. The van der Waals surface area contributed by atoms with Crippen molar-refractivity contribution in [1.29, 1.82) is 0 Å². The van der Waals surface area contributed by atoms with Gasteiger partial charge in [0.2, 0.25) is 0 Å². The molecular weight excluding hydrogens is 423 g/mol. The predicted octanol–water partition coefficient (Wildman–Crippen LogP) is 4.53. The maximum Gasteiger partial charge on any atom is 0.108 e. The number of nitrogens with zero attached hydrogens (tertiary/aromatic N) is 2. The van der Waals surface area contributed by atoms with Gasteiger partial charge in [0.25, 0.3) is 0 Å². The van der Waals surface area contributed by atoms with Crippen molar-refractivity contribution < 1.29 is 0 Å². The van der Waals surface area contributed by atoms with Crippen LogP contribution in [-0.4, -0.2) is 36.2 Å². The van der Waals surface area contributed by atoms with E-state index < -0.39 is 6.15 Å². The average Bonchev–Trinajstić information content (AvgIpc) is 3.36. The monoisotopic (exact) mass is 459 g/mol. The van der Waals surface area contributed by atoms with Crippen molar-refractivity contribution >= 4 is 28.0 Å². The molecule has 0 aromatic heterocycles. The molecule has 178 valence electrons. The summed E-state index contributed by atoms with van der Waals surface area (Å²) in [7, 11) is 2.10. The quantitative estimate of drug-likeness (QED) is 0.375. The third-order valence-electron chi connectivity index (χ3n) is 6.93. The second-order valence-electron chi connectivity index (χ2n) is 9.37. The van der Waals surface area contributed by atoms with Crippen molar-refractivity contribution in [2.24, 2.45) is 0 Å². The second kappa shape index (κ2) is 12.1. The molecule has 0 unspecified atom stereocenters. The second-order valence-corrected chi connectivity index (χ2v) is 9.37. The van der Waals surface area contributed by atoms with Gasteiger partial charge in [-0.1, -0.05) is 135 Å². The van der Waals surface area contributed by atoms with E-state index in [4.69, 9.17) is 0 Å². The summed E-state index contributed by atoms with van der Waals surface area (Å²) in [5, 5.41) is 0. The predicted molar refractivity (Wildman–Crippen MR) is 153 cm³/mol. The van der Waals surface area contributed by atoms with Crippen LogP contribution in [0.2, 0.25) is 0 Å². The van der Waals surface area contributed by atoms with E-state index in [1.54, 1.807) is 0 Å². The lowest BCUT2D eigenvalue weighted by Crippen LogP contribution is -2.74. The Balaban J connectivity index is 0.000000243. The minimum absolute atomic E-state index is 1.07. The van der Waals surface area contributed by atoms with Crippen LogP contribution >= 0.6 is 0 Å². The molecule has 0 atom stereocenters. The summed E-state index contributed by atoms with van der Waals surface area (Å²) < 4.78 is 0. The van der Waals surface area contributed by atoms with Crippen LogP contribution in [0.15, 0.2) is 134 Å². The van der Waals surface area contributed by atoms with Crippen LogP contribution in [0, 0.1) is 0 Å². The molecule has 0 fully saturated rings. The molecule has 0 spiro atoms.